The Labute approximate surface area is 108 Å². The van der Waals surface area contributed by atoms with Crippen LogP contribution in [0.4, 0.5) is 0 Å². The molecule has 0 aromatic carbocycles. The van der Waals surface area contributed by atoms with Crippen LogP contribution >= 0.6 is 12.2 Å². The van der Waals surface area contributed by atoms with E-state index in [-0.39, 0.29) is 16.9 Å². The Morgan fingerprint density at radius 3 is 2.89 bits per heavy atom. The fraction of sp³-hybridized carbons (Fsp3) is 0.600. The quantitative estimate of drug-likeness (QED) is 0.623. The van der Waals surface area contributed by atoms with Crippen LogP contribution in [0.3, 0.4) is 0 Å². The lowest BCUT2D eigenvalue weighted by Gasteiger charge is -2.17. The molecule has 2 rings (SSSR count). The summed E-state index contributed by atoms with van der Waals surface area (Å²) >= 11 is 4.97. The molecule has 0 radical (unpaired) electrons. The molecule has 0 bridgehead atoms. The van der Waals surface area contributed by atoms with Crippen molar-refractivity contribution >= 4 is 12.2 Å². The van der Waals surface area contributed by atoms with E-state index in [4.69, 9.17) is 21.7 Å². The number of aromatic nitrogens is 2. The highest BCUT2D eigenvalue weighted by atomic mass is 32.1. The second-order valence-corrected chi connectivity index (χ2v) is 4.41. The number of aliphatic hydroxyl groups is 2. The molecule has 7 nitrogen and oxygen atoms in total. The van der Waals surface area contributed by atoms with Gasteiger partial charge in [-0.2, -0.15) is 0 Å². The second kappa shape index (κ2) is 5.29. The van der Waals surface area contributed by atoms with Crippen molar-refractivity contribution in [3.05, 3.63) is 27.4 Å². The van der Waals surface area contributed by atoms with E-state index in [0.717, 1.165) is 0 Å². The average Bonchev–Trinajstić information content (AvgIpc) is 2.58. The highest BCUT2D eigenvalue weighted by Crippen LogP contribution is 2.29. The van der Waals surface area contributed by atoms with Gasteiger partial charge in [-0.25, -0.2) is 0 Å². The van der Waals surface area contributed by atoms with Crippen LogP contribution in [-0.2, 0) is 9.47 Å². The summed E-state index contributed by atoms with van der Waals surface area (Å²) in [6.45, 7) is 0.158. The van der Waals surface area contributed by atoms with Crippen LogP contribution in [0.25, 0.3) is 0 Å². The van der Waals surface area contributed by atoms with E-state index >= 15 is 0 Å². The number of nitrogens with one attached hydrogen (secondary N) is 1. The number of hydrogen-bond donors (Lipinski definition) is 3. The number of aromatic amines is 1. The number of H-pyrrole nitrogens is 1. The summed E-state index contributed by atoms with van der Waals surface area (Å²) in [5.41, 5.74) is -0.335. The minimum Gasteiger partial charge on any atom is -0.387 e. The van der Waals surface area contributed by atoms with E-state index < -0.39 is 24.5 Å². The molecule has 0 aliphatic carbocycles. The SMILES string of the molecule is COC[C@H]1O[C@@H](n2ccc(=O)[nH]c2=S)[C@H](O)[C@@H]1O. The Morgan fingerprint density at radius 2 is 2.28 bits per heavy atom. The largest absolute Gasteiger partial charge is 0.387 e. The first-order valence-corrected chi connectivity index (χ1v) is 5.77. The molecule has 1 saturated heterocycles. The molecular formula is C10H14N2O5S. The van der Waals surface area contributed by atoms with Crippen molar-refractivity contribution < 1.29 is 19.7 Å². The average molecular weight is 274 g/mol. The summed E-state index contributed by atoms with van der Waals surface area (Å²) in [6.07, 6.45) is -2.27. The molecule has 0 unspecified atom stereocenters. The summed E-state index contributed by atoms with van der Waals surface area (Å²) in [5.74, 6) is 0. The fourth-order valence-corrected chi connectivity index (χ4v) is 2.15. The Balaban J connectivity index is 2.29. The van der Waals surface area contributed by atoms with Gasteiger partial charge < -0.3 is 19.7 Å². The Bertz CT molecular complexity index is 527. The van der Waals surface area contributed by atoms with Crippen LogP contribution in [0.15, 0.2) is 17.1 Å². The maximum atomic E-state index is 11.1. The van der Waals surface area contributed by atoms with Gasteiger partial charge in [0.25, 0.3) is 5.56 Å². The van der Waals surface area contributed by atoms with Crippen LogP contribution in [0, 0.1) is 4.77 Å². The van der Waals surface area contributed by atoms with E-state index in [1.165, 1.54) is 23.9 Å². The molecule has 8 heteroatoms. The topological polar surface area (TPSA) is 96.7 Å². The minimum atomic E-state index is -1.14. The first-order chi connectivity index (χ1) is 8.54. The lowest BCUT2D eigenvalue weighted by molar-refractivity contribution is -0.0606. The van der Waals surface area contributed by atoms with Crippen molar-refractivity contribution in [1.29, 1.82) is 0 Å². The molecule has 18 heavy (non-hydrogen) atoms. The second-order valence-electron chi connectivity index (χ2n) is 4.02. The van der Waals surface area contributed by atoms with Crippen LogP contribution < -0.4 is 5.56 Å². The number of methoxy groups -OCH3 is 1. The van der Waals surface area contributed by atoms with Crippen molar-refractivity contribution in [3.63, 3.8) is 0 Å². The molecule has 100 valence electrons. The third-order valence-electron chi connectivity index (χ3n) is 2.79. The van der Waals surface area contributed by atoms with Gasteiger partial charge in [0, 0.05) is 19.4 Å². The van der Waals surface area contributed by atoms with Crippen molar-refractivity contribution in [2.45, 2.75) is 24.5 Å². The Hall–Kier alpha value is -1.06. The molecule has 2 heterocycles. The van der Waals surface area contributed by atoms with Gasteiger partial charge in [-0.3, -0.25) is 14.3 Å². The molecule has 1 aliphatic heterocycles. The summed E-state index contributed by atoms with van der Waals surface area (Å²) in [7, 11) is 1.47. The molecule has 0 amide bonds. The lowest BCUT2D eigenvalue weighted by atomic mass is 10.1. The zero-order valence-electron chi connectivity index (χ0n) is 9.65. The highest BCUT2D eigenvalue weighted by molar-refractivity contribution is 7.71. The van der Waals surface area contributed by atoms with Gasteiger partial charge >= 0.3 is 0 Å². The van der Waals surface area contributed by atoms with Crippen LogP contribution in [0.2, 0.25) is 0 Å². The van der Waals surface area contributed by atoms with Gasteiger partial charge in [-0.1, -0.05) is 0 Å². The Morgan fingerprint density at radius 1 is 1.56 bits per heavy atom. The van der Waals surface area contributed by atoms with Crippen molar-refractivity contribution in [3.8, 4) is 0 Å². The lowest BCUT2D eigenvalue weighted by Crippen LogP contribution is -2.33. The van der Waals surface area contributed by atoms with Gasteiger partial charge in [0.1, 0.15) is 18.3 Å². The van der Waals surface area contributed by atoms with E-state index in [0.29, 0.717) is 0 Å². The standard InChI is InChI=1S/C10H14N2O5S/c1-16-4-5-7(14)8(15)9(17-5)12-3-2-6(13)11-10(12)18/h2-3,5,7-9,14-15H,4H2,1H3,(H,11,13,18)/t5-,7-,8-,9-/m1/s1. The van der Waals surface area contributed by atoms with Gasteiger partial charge in [0.15, 0.2) is 11.0 Å². The maximum absolute atomic E-state index is 11.1. The Kier molecular flexibility index (Phi) is 3.93. The molecule has 1 aromatic rings. The predicted octanol–water partition coefficient (Wildman–Crippen LogP) is -0.829. The molecule has 0 spiro atoms. The monoisotopic (exact) mass is 274 g/mol. The zero-order chi connectivity index (χ0) is 13.3. The molecule has 3 N–H and O–H groups in total. The van der Waals surface area contributed by atoms with E-state index in [9.17, 15) is 15.0 Å². The predicted molar refractivity (Wildman–Crippen MR) is 63.7 cm³/mol. The summed E-state index contributed by atoms with van der Waals surface area (Å²) < 4.78 is 11.9. The molecular weight excluding hydrogens is 260 g/mol. The third-order valence-corrected chi connectivity index (χ3v) is 3.11. The number of ether oxygens (including phenoxy) is 2. The number of hydrogen-bond acceptors (Lipinski definition) is 6. The van der Waals surface area contributed by atoms with Crippen LogP contribution in [-0.4, -0.2) is 51.8 Å². The summed E-state index contributed by atoms with van der Waals surface area (Å²) in [4.78, 5) is 13.5. The molecule has 1 aliphatic rings. The number of aliphatic hydroxyl groups excluding tert-OH is 2. The fourth-order valence-electron chi connectivity index (χ4n) is 1.89. The molecule has 1 aromatic heterocycles. The number of rotatable bonds is 3. The van der Waals surface area contributed by atoms with Crippen molar-refractivity contribution in [1.82, 2.24) is 9.55 Å². The van der Waals surface area contributed by atoms with E-state index in [1.54, 1.807) is 0 Å². The molecule has 1 fully saturated rings. The first kappa shape index (κ1) is 13.4. The van der Waals surface area contributed by atoms with Gasteiger partial charge in [-0.15, -0.1) is 0 Å². The van der Waals surface area contributed by atoms with Crippen molar-refractivity contribution in [2.75, 3.05) is 13.7 Å². The van der Waals surface area contributed by atoms with Gasteiger partial charge in [0.2, 0.25) is 0 Å². The summed E-state index contributed by atoms with van der Waals surface area (Å²) in [5, 5.41) is 19.7. The minimum absolute atomic E-state index is 0.122. The maximum Gasteiger partial charge on any atom is 0.251 e. The smallest absolute Gasteiger partial charge is 0.251 e. The molecule has 0 saturated carbocycles. The van der Waals surface area contributed by atoms with Crippen molar-refractivity contribution in [2.24, 2.45) is 0 Å². The van der Waals surface area contributed by atoms with Crippen LogP contribution in [0.5, 0.6) is 0 Å². The third kappa shape index (κ3) is 2.38. The van der Waals surface area contributed by atoms with E-state index in [2.05, 4.69) is 4.98 Å². The first-order valence-electron chi connectivity index (χ1n) is 5.36. The van der Waals surface area contributed by atoms with E-state index in [1.807, 2.05) is 0 Å². The zero-order valence-corrected chi connectivity index (χ0v) is 10.5. The van der Waals surface area contributed by atoms with Crippen LogP contribution in [0.1, 0.15) is 6.23 Å². The van der Waals surface area contributed by atoms with Gasteiger partial charge in [-0.05, 0) is 12.2 Å². The number of nitrogens with zero attached hydrogens (tertiary/aromatic N) is 1. The molecule has 4 atom stereocenters. The summed E-state index contributed by atoms with van der Waals surface area (Å²) in [6, 6.07) is 1.27. The van der Waals surface area contributed by atoms with Gasteiger partial charge in [0.05, 0.1) is 6.61 Å². The highest BCUT2D eigenvalue weighted by Gasteiger charge is 2.43. The normalized spacial score (nSPS) is 31.7.